The maximum Gasteiger partial charge on any atom is 0.534 e. The highest BCUT2D eigenvalue weighted by Gasteiger charge is 2.48. The fourth-order valence-electron chi connectivity index (χ4n) is 1.99. The molecule has 0 aliphatic heterocycles. The first kappa shape index (κ1) is 19.8. The van der Waals surface area contributed by atoms with Crippen LogP contribution in [0.1, 0.15) is 19.4 Å². The first-order chi connectivity index (χ1) is 11.8. The highest BCUT2D eigenvalue weighted by atomic mass is 32.2. The standard InChI is InChI=1S/C16H15F3NO5S/c1-15(2,3)24-14(21)7-10-6-11-8-12(4-5-13(11)20-9-10)25-26(22,23)16(17,18)19/h4-6,8-9H,1,7H2,2-3H3/q+1. The molecule has 0 N–H and O–H groups in total. The van der Waals surface area contributed by atoms with Gasteiger partial charge in [-0.15, -0.1) is 0 Å². The zero-order valence-corrected chi connectivity index (χ0v) is 14.6. The second kappa shape index (κ2) is 6.67. The van der Waals surface area contributed by atoms with Gasteiger partial charge in [-0.05, 0) is 29.8 Å². The number of hydrogen-bond acceptors (Lipinski definition) is 6. The number of rotatable bonds is 5. The van der Waals surface area contributed by atoms with Gasteiger partial charge in [-0.2, -0.15) is 21.6 Å². The van der Waals surface area contributed by atoms with Crippen molar-refractivity contribution in [1.82, 2.24) is 4.98 Å². The summed E-state index contributed by atoms with van der Waals surface area (Å²) in [6, 6.07) is 4.92. The molecule has 0 saturated carbocycles. The van der Waals surface area contributed by atoms with Gasteiger partial charge in [-0.3, -0.25) is 9.78 Å². The number of alkyl halides is 3. The van der Waals surface area contributed by atoms with E-state index >= 15 is 0 Å². The summed E-state index contributed by atoms with van der Waals surface area (Å²) in [5.41, 5.74) is -5.62. The average Bonchev–Trinajstić information content (AvgIpc) is 2.43. The Bertz CT molecular complexity index is 933. The van der Waals surface area contributed by atoms with E-state index < -0.39 is 32.9 Å². The van der Waals surface area contributed by atoms with Crippen LogP contribution >= 0.6 is 0 Å². The fourth-order valence-corrected chi connectivity index (χ4v) is 2.44. The van der Waals surface area contributed by atoms with Gasteiger partial charge in [0.2, 0.25) is 5.60 Å². The monoisotopic (exact) mass is 390 g/mol. The minimum atomic E-state index is -5.77. The number of pyridine rings is 1. The van der Waals surface area contributed by atoms with Crippen LogP contribution in [0.15, 0.2) is 30.5 Å². The van der Waals surface area contributed by atoms with Gasteiger partial charge < -0.3 is 8.92 Å². The molecule has 0 aliphatic carbocycles. The van der Waals surface area contributed by atoms with Crippen molar-refractivity contribution >= 4 is 27.0 Å². The Morgan fingerprint density at radius 3 is 2.46 bits per heavy atom. The van der Waals surface area contributed by atoms with E-state index in [1.807, 2.05) is 0 Å². The Morgan fingerprint density at radius 1 is 1.23 bits per heavy atom. The van der Waals surface area contributed by atoms with E-state index in [9.17, 15) is 26.4 Å². The van der Waals surface area contributed by atoms with Gasteiger partial charge in [0, 0.05) is 25.4 Å². The summed E-state index contributed by atoms with van der Waals surface area (Å²) < 4.78 is 68.5. The third-order valence-electron chi connectivity index (χ3n) is 2.94. The molecule has 0 bridgehead atoms. The molecule has 10 heteroatoms. The molecule has 1 aromatic carbocycles. The van der Waals surface area contributed by atoms with Gasteiger partial charge in [0.25, 0.3) is 0 Å². The van der Waals surface area contributed by atoms with Crippen molar-refractivity contribution in [3.63, 3.8) is 0 Å². The molecule has 1 heterocycles. The molecule has 26 heavy (non-hydrogen) atoms. The van der Waals surface area contributed by atoms with Crippen molar-refractivity contribution in [2.45, 2.75) is 31.4 Å². The molecular formula is C16H15F3NO5S+. The maximum absolute atomic E-state index is 12.4. The number of hydrogen-bond donors (Lipinski definition) is 0. The molecule has 6 nitrogen and oxygen atoms in total. The number of halogens is 3. The van der Waals surface area contributed by atoms with Crippen molar-refractivity contribution in [3.05, 3.63) is 42.9 Å². The van der Waals surface area contributed by atoms with Crippen LogP contribution in [0.3, 0.4) is 0 Å². The lowest BCUT2D eigenvalue weighted by Crippen LogP contribution is -2.28. The summed E-state index contributed by atoms with van der Waals surface area (Å²) in [5.74, 6) is -1.08. The van der Waals surface area contributed by atoms with Gasteiger partial charge >= 0.3 is 21.6 Å². The van der Waals surface area contributed by atoms with Crippen LogP contribution in [0.2, 0.25) is 0 Å². The van der Waals surface area contributed by atoms with Crippen molar-refractivity contribution in [2.24, 2.45) is 0 Å². The number of fused-ring (bicyclic) bond motifs is 1. The largest absolute Gasteiger partial charge is 0.534 e. The van der Waals surface area contributed by atoms with Crippen LogP contribution in [-0.4, -0.2) is 30.5 Å². The van der Waals surface area contributed by atoms with E-state index in [1.165, 1.54) is 18.3 Å². The quantitative estimate of drug-likeness (QED) is 0.338. The van der Waals surface area contributed by atoms with Gasteiger partial charge in [-0.1, -0.05) is 0 Å². The Hall–Kier alpha value is -2.49. The van der Waals surface area contributed by atoms with Crippen LogP contribution in [0, 0.1) is 6.92 Å². The number of carbonyl (C=O) groups is 1. The average molecular weight is 390 g/mol. The van der Waals surface area contributed by atoms with E-state index in [1.54, 1.807) is 13.8 Å². The van der Waals surface area contributed by atoms with E-state index in [2.05, 4.69) is 16.1 Å². The second-order valence-corrected chi connectivity index (χ2v) is 7.63. The van der Waals surface area contributed by atoms with E-state index in [4.69, 9.17) is 4.74 Å². The third kappa shape index (κ3) is 5.01. The van der Waals surface area contributed by atoms with Gasteiger partial charge in [-0.25, -0.2) is 0 Å². The van der Waals surface area contributed by atoms with E-state index in [0.717, 1.165) is 12.1 Å². The second-order valence-electron chi connectivity index (χ2n) is 6.09. The summed E-state index contributed by atoms with van der Waals surface area (Å²) in [7, 11) is -5.77. The minimum absolute atomic E-state index is 0.131. The summed E-state index contributed by atoms with van der Waals surface area (Å²) in [6.45, 7) is 6.85. The summed E-state index contributed by atoms with van der Waals surface area (Å²) in [4.78, 5) is 15.9. The number of aromatic nitrogens is 1. The summed E-state index contributed by atoms with van der Waals surface area (Å²) in [5, 5.41) is 0.305. The Kier molecular flexibility index (Phi) is 5.09. The maximum atomic E-state index is 12.4. The molecule has 2 aromatic rings. The molecule has 0 fully saturated rings. The number of ether oxygens (including phenoxy) is 1. The Morgan fingerprint density at radius 2 is 1.88 bits per heavy atom. The minimum Gasteiger partial charge on any atom is -0.419 e. The molecule has 0 aliphatic rings. The first-order valence-corrected chi connectivity index (χ1v) is 8.64. The first-order valence-electron chi connectivity index (χ1n) is 7.23. The third-order valence-corrected chi connectivity index (χ3v) is 3.92. The van der Waals surface area contributed by atoms with Crippen LogP contribution < -0.4 is 4.18 Å². The highest BCUT2D eigenvalue weighted by molar-refractivity contribution is 7.88. The van der Waals surface area contributed by atoms with Crippen LogP contribution in [0.4, 0.5) is 13.2 Å². The number of nitrogens with zero attached hydrogens (tertiary/aromatic N) is 1. The zero-order chi connectivity index (χ0) is 19.8. The fraction of sp³-hybridized carbons (Fsp3) is 0.312. The smallest absolute Gasteiger partial charge is 0.419 e. The number of benzene rings is 1. The Labute approximate surface area is 148 Å². The lowest BCUT2D eigenvalue weighted by Gasteiger charge is -2.13. The molecule has 0 spiro atoms. The van der Waals surface area contributed by atoms with Gasteiger partial charge in [0.05, 0.1) is 11.9 Å². The molecule has 1 aromatic heterocycles. The molecule has 0 saturated heterocycles. The van der Waals surface area contributed by atoms with Crippen LogP contribution in [0.5, 0.6) is 5.75 Å². The Balaban J connectivity index is 2.27. The lowest BCUT2D eigenvalue weighted by atomic mass is 10.1. The van der Waals surface area contributed by atoms with Crippen molar-refractivity contribution in [2.75, 3.05) is 0 Å². The molecule has 2 rings (SSSR count). The van der Waals surface area contributed by atoms with Crippen molar-refractivity contribution in [3.8, 4) is 5.75 Å². The van der Waals surface area contributed by atoms with Gasteiger partial charge in [0.15, 0.2) is 0 Å². The molecule has 140 valence electrons. The number of esters is 1. The predicted octanol–water partition coefficient (Wildman–Crippen LogP) is 3.16. The molecule has 0 amide bonds. The van der Waals surface area contributed by atoms with Crippen LogP contribution in [-0.2, 0) is 26.1 Å². The van der Waals surface area contributed by atoms with Crippen molar-refractivity contribution in [1.29, 1.82) is 0 Å². The molecular weight excluding hydrogens is 375 g/mol. The summed E-state index contributed by atoms with van der Waals surface area (Å²) >= 11 is 0. The number of carbonyl (C=O) groups excluding carboxylic acids is 1. The van der Waals surface area contributed by atoms with E-state index in [-0.39, 0.29) is 6.42 Å². The normalized spacial score (nSPS) is 12.8. The lowest BCUT2D eigenvalue weighted by molar-refractivity contribution is -0.151. The molecule has 0 atom stereocenters. The van der Waals surface area contributed by atoms with E-state index in [0.29, 0.717) is 16.5 Å². The SMILES string of the molecule is [CH2+]C(C)(C)OC(=O)Cc1cnc2ccc(OS(=O)(=O)C(F)(F)F)cc2c1. The highest BCUT2D eigenvalue weighted by Crippen LogP contribution is 2.28. The molecule has 0 radical (unpaired) electrons. The topological polar surface area (TPSA) is 82.6 Å². The zero-order valence-electron chi connectivity index (χ0n) is 13.8. The summed E-state index contributed by atoms with van der Waals surface area (Å²) in [6.07, 6.45) is 1.28. The molecule has 0 unspecified atom stereocenters. The van der Waals surface area contributed by atoms with Gasteiger partial charge in [0.1, 0.15) is 12.7 Å². The van der Waals surface area contributed by atoms with Crippen LogP contribution in [0.25, 0.3) is 10.9 Å². The van der Waals surface area contributed by atoms with Crippen molar-refractivity contribution < 1.29 is 35.3 Å². The predicted molar refractivity (Wildman–Crippen MR) is 86.6 cm³/mol.